The highest BCUT2D eigenvalue weighted by Gasteiger charge is 2.41. The molecule has 0 bridgehead atoms. The van der Waals surface area contributed by atoms with Crippen molar-refractivity contribution in [2.75, 3.05) is 24.6 Å². The van der Waals surface area contributed by atoms with Crippen molar-refractivity contribution < 1.29 is 4.74 Å². The molecule has 3 heterocycles. The number of piperidine rings is 1. The summed E-state index contributed by atoms with van der Waals surface area (Å²) in [7, 11) is 0. The zero-order valence-corrected chi connectivity index (χ0v) is 12.6. The topological polar surface area (TPSA) is 37.4 Å². The van der Waals surface area contributed by atoms with Gasteiger partial charge in [0.2, 0.25) is 0 Å². The van der Waals surface area contributed by atoms with Crippen molar-refractivity contribution in [3.63, 3.8) is 0 Å². The molecule has 1 N–H and O–H groups in total. The third-order valence-corrected chi connectivity index (χ3v) is 5.19. The van der Waals surface area contributed by atoms with E-state index in [1.54, 1.807) is 0 Å². The van der Waals surface area contributed by atoms with Crippen LogP contribution in [-0.2, 0) is 4.74 Å². The Labute approximate surface area is 126 Å². The number of ether oxygens (including phenoxy) is 1. The lowest BCUT2D eigenvalue weighted by Gasteiger charge is -2.36. The first kappa shape index (κ1) is 13.5. The van der Waals surface area contributed by atoms with E-state index >= 15 is 0 Å². The van der Waals surface area contributed by atoms with Crippen LogP contribution in [0.3, 0.4) is 0 Å². The molecule has 3 aliphatic rings. The first-order valence-corrected chi connectivity index (χ1v) is 8.43. The monoisotopic (exact) mass is 287 g/mol. The highest BCUT2D eigenvalue weighted by atomic mass is 16.5. The summed E-state index contributed by atoms with van der Waals surface area (Å²) in [6, 6.07) is 5.50. The highest BCUT2D eigenvalue weighted by Crippen LogP contribution is 2.39. The molecule has 3 fully saturated rings. The van der Waals surface area contributed by atoms with Crippen molar-refractivity contribution in [1.82, 2.24) is 10.3 Å². The number of hydrogen-bond acceptors (Lipinski definition) is 4. The average Bonchev–Trinajstić information content (AvgIpc) is 3.29. The van der Waals surface area contributed by atoms with E-state index in [1.165, 1.54) is 37.8 Å². The van der Waals surface area contributed by atoms with E-state index in [-0.39, 0.29) is 0 Å². The molecular formula is C17H25N3O. The molecule has 0 aromatic carbocycles. The molecule has 1 aromatic rings. The molecule has 0 amide bonds. The van der Waals surface area contributed by atoms with Crippen molar-refractivity contribution in [3.8, 4) is 0 Å². The third kappa shape index (κ3) is 3.06. The maximum atomic E-state index is 5.94. The minimum absolute atomic E-state index is 0.503. The predicted octanol–water partition coefficient (Wildman–Crippen LogP) is 2.21. The summed E-state index contributed by atoms with van der Waals surface area (Å²) < 4.78 is 5.94. The SMILES string of the molecule is c1cc(N2CCC(NC3CCOC3C3CC3)CC2)ccn1. The first-order valence-electron chi connectivity index (χ1n) is 8.43. The largest absolute Gasteiger partial charge is 0.376 e. The van der Waals surface area contributed by atoms with Crippen LogP contribution in [0.15, 0.2) is 24.5 Å². The second-order valence-electron chi connectivity index (χ2n) is 6.70. The number of hydrogen-bond donors (Lipinski definition) is 1. The summed E-state index contributed by atoms with van der Waals surface area (Å²) in [5.41, 5.74) is 1.31. The quantitative estimate of drug-likeness (QED) is 0.921. The number of nitrogens with zero attached hydrogens (tertiary/aromatic N) is 2. The molecule has 0 radical (unpaired) electrons. The van der Waals surface area contributed by atoms with Crippen molar-refractivity contribution in [1.29, 1.82) is 0 Å². The standard InChI is InChI=1S/C17H25N3O/c1-2-13(1)17-16(7-12-21-17)19-14-5-10-20(11-6-14)15-3-8-18-9-4-15/h3-4,8-9,13-14,16-17,19H,1-2,5-7,10-12H2. The molecule has 1 saturated carbocycles. The summed E-state index contributed by atoms with van der Waals surface area (Å²) >= 11 is 0. The van der Waals surface area contributed by atoms with Crippen LogP contribution in [0.4, 0.5) is 5.69 Å². The number of aromatic nitrogens is 1. The molecule has 0 spiro atoms. The van der Waals surface area contributed by atoms with Gasteiger partial charge in [-0.05, 0) is 50.2 Å². The summed E-state index contributed by atoms with van der Waals surface area (Å²) in [6.45, 7) is 3.24. The van der Waals surface area contributed by atoms with Gasteiger partial charge in [-0.1, -0.05) is 0 Å². The minimum Gasteiger partial charge on any atom is -0.376 e. The summed E-state index contributed by atoms with van der Waals surface area (Å²) in [6.07, 6.45) is 10.7. The molecule has 1 aliphatic carbocycles. The van der Waals surface area contributed by atoms with Crippen molar-refractivity contribution in [2.24, 2.45) is 5.92 Å². The fourth-order valence-corrected chi connectivity index (χ4v) is 3.84. The number of nitrogens with one attached hydrogen (secondary N) is 1. The Morgan fingerprint density at radius 1 is 1.05 bits per heavy atom. The van der Waals surface area contributed by atoms with Gasteiger partial charge < -0.3 is 15.0 Å². The van der Waals surface area contributed by atoms with E-state index in [0.717, 1.165) is 25.6 Å². The van der Waals surface area contributed by atoms with Gasteiger partial charge in [0, 0.05) is 49.9 Å². The fraction of sp³-hybridized carbons (Fsp3) is 0.706. The predicted molar refractivity (Wildman–Crippen MR) is 83.5 cm³/mol. The van der Waals surface area contributed by atoms with E-state index in [9.17, 15) is 0 Å². The normalized spacial score (nSPS) is 30.8. The van der Waals surface area contributed by atoms with Gasteiger partial charge in [-0.3, -0.25) is 4.98 Å². The summed E-state index contributed by atoms with van der Waals surface area (Å²) in [4.78, 5) is 6.58. The van der Waals surface area contributed by atoms with E-state index in [4.69, 9.17) is 4.74 Å². The smallest absolute Gasteiger partial charge is 0.0757 e. The van der Waals surface area contributed by atoms with Gasteiger partial charge in [0.25, 0.3) is 0 Å². The van der Waals surface area contributed by atoms with E-state index < -0.39 is 0 Å². The zero-order chi connectivity index (χ0) is 14.1. The Kier molecular flexibility index (Phi) is 3.82. The molecule has 1 aromatic heterocycles. The number of pyridine rings is 1. The minimum atomic E-state index is 0.503. The molecule has 2 saturated heterocycles. The maximum Gasteiger partial charge on any atom is 0.0757 e. The molecule has 21 heavy (non-hydrogen) atoms. The molecule has 114 valence electrons. The van der Waals surface area contributed by atoms with Crippen LogP contribution < -0.4 is 10.2 Å². The van der Waals surface area contributed by atoms with Crippen LogP contribution in [0, 0.1) is 5.92 Å². The van der Waals surface area contributed by atoms with Gasteiger partial charge in [0.1, 0.15) is 0 Å². The number of rotatable bonds is 4. The van der Waals surface area contributed by atoms with Crippen LogP contribution in [-0.4, -0.2) is 42.9 Å². The van der Waals surface area contributed by atoms with Crippen LogP contribution in [0.25, 0.3) is 0 Å². The molecule has 2 aliphatic heterocycles. The lowest BCUT2D eigenvalue weighted by atomic mass is 10.00. The van der Waals surface area contributed by atoms with Gasteiger partial charge >= 0.3 is 0 Å². The summed E-state index contributed by atoms with van der Waals surface area (Å²) in [5, 5.41) is 3.90. The second kappa shape index (κ2) is 5.93. The molecule has 2 atom stereocenters. The van der Waals surface area contributed by atoms with Crippen molar-refractivity contribution >= 4 is 5.69 Å². The van der Waals surface area contributed by atoms with Crippen LogP contribution >= 0.6 is 0 Å². The Balaban J connectivity index is 1.29. The Morgan fingerprint density at radius 2 is 1.81 bits per heavy atom. The van der Waals surface area contributed by atoms with Gasteiger partial charge in [0.05, 0.1) is 6.10 Å². The third-order valence-electron chi connectivity index (χ3n) is 5.19. The molecule has 4 nitrogen and oxygen atoms in total. The second-order valence-corrected chi connectivity index (χ2v) is 6.70. The summed E-state index contributed by atoms with van der Waals surface area (Å²) in [5.74, 6) is 0.849. The molecule has 2 unspecified atom stereocenters. The Bertz CT molecular complexity index is 454. The molecular weight excluding hydrogens is 262 g/mol. The van der Waals surface area contributed by atoms with Crippen LogP contribution in [0.1, 0.15) is 32.1 Å². The van der Waals surface area contributed by atoms with E-state index in [0.29, 0.717) is 18.2 Å². The van der Waals surface area contributed by atoms with Crippen LogP contribution in [0.5, 0.6) is 0 Å². The average molecular weight is 287 g/mol. The number of anilines is 1. The van der Waals surface area contributed by atoms with E-state index in [2.05, 4.69) is 27.3 Å². The van der Waals surface area contributed by atoms with Gasteiger partial charge in [0.15, 0.2) is 0 Å². The van der Waals surface area contributed by atoms with Crippen molar-refractivity contribution in [3.05, 3.63) is 24.5 Å². The molecule has 4 rings (SSSR count). The van der Waals surface area contributed by atoms with E-state index in [1.807, 2.05) is 12.4 Å². The molecule has 4 heteroatoms. The maximum absolute atomic E-state index is 5.94. The Hall–Kier alpha value is -1.13. The Morgan fingerprint density at radius 3 is 2.52 bits per heavy atom. The zero-order valence-electron chi connectivity index (χ0n) is 12.6. The fourth-order valence-electron chi connectivity index (χ4n) is 3.84. The lowest BCUT2D eigenvalue weighted by Crippen LogP contribution is -2.49. The highest BCUT2D eigenvalue weighted by molar-refractivity contribution is 5.44. The first-order chi connectivity index (χ1) is 10.4. The van der Waals surface area contributed by atoms with Crippen LogP contribution in [0.2, 0.25) is 0 Å². The van der Waals surface area contributed by atoms with Gasteiger partial charge in [-0.25, -0.2) is 0 Å². The van der Waals surface area contributed by atoms with Crippen molar-refractivity contribution in [2.45, 2.75) is 50.3 Å². The van der Waals surface area contributed by atoms with Gasteiger partial charge in [-0.15, -0.1) is 0 Å². The lowest BCUT2D eigenvalue weighted by molar-refractivity contribution is 0.0781. The van der Waals surface area contributed by atoms with Gasteiger partial charge in [-0.2, -0.15) is 0 Å².